The van der Waals surface area contributed by atoms with Crippen LogP contribution in [0.5, 0.6) is 0 Å². The first-order valence-electron chi connectivity index (χ1n) is 8.74. The normalized spacial score (nSPS) is 19.0. The second-order valence-corrected chi connectivity index (χ2v) is 6.51. The van der Waals surface area contributed by atoms with Crippen LogP contribution in [-0.2, 0) is 0 Å². The van der Waals surface area contributed by atoms with Crippen LogP contribution >= 0.6 is 0 Å². The van der Waals surface area contributed by atoms with Gasteiger partial charge in [0, 0.05) is 18.6 Å². The maximum Gasteiger partial charge on any atom is 0.0477 e. The van der Waals surface area contributed by atoms with Gasteiger partial charge in [-0.05, 0) is 44.3 Å². The third-order valence-electron chi connectivity index (χ3n) is 4.97. The Bertz CT molecular complexity index is 384. The van der Waals surface area contributed by atoms with E-state index in [1.54, 1.807) is 0 Å². The highest BCUT2D eigenvalue weighted by atomic mass is 15.2. The third-order valence-corrected chi connectivity index (χ3v) is 4.97. The van der Waals surface area contributed by atoms with Crippen LogP contribution in [0.2, 0.25) is 0 Å². The van der Waals surface area contributed by atoms with Gasteiger partial charge in [0.1, 0.15) is 0 Å². The molecule has 0 heterocycles. The second-order valence-electron chi connectivity index (χ2n) is 6.51. The first-order chi connectivity index (χ1) is 10.3. The van der Waals surface area contributed by atoms with Crippen LogP contribution in [0.15, 0.2) is 30.3 Å². The number of hydrogen-bond acceptors (Lipinski definition) is 2. The van der Waals surface area contributed by atoms with Crippen molar-refractivity contribution in [3.05, 3.63) is 35.9 Å². The summed E-state index contributed by atoms with van der Waals surface area (Å²) in [7, 11) is 2.32. The first-order valence-corrected chi connectivity index (χ1v) is 8.74. The molecule has 0 saturated heterocycles. The van der Waals surface area contributed by atoms with Gasteiger partial charge < -0.3 is 10.2 Å². The van der Waals surface area contributed by atoms with E-state index in [-0.39, 0.29) is 0 Å². The molecular formula is C19H32N2. The van der Waals surface area contributed by atoms with Gasteiger partial charge in [-0.3, -0.25) is 0 Å². The Morgan fingerprint density at radius 1 is 1.14 bits per heavy atom. The molecule has 0 spiro atoms. The van der Waals surface area contributed by atoms with Crippen LogP contribution in [0.3, 0.4) is 0 Å². The lowest BCUT2D eigenvalue weighted by Crippen LogP contribution is -2.44. The van der Waals surface area contributed by atoms with Gasteiger partial charge in [0.25, 0.3) is 0 Å². The van der Waals surface area contributed by atoms with E-state index >= 15 is 0 Å². The molecular weight excluding hydrogens is 256 g/mol. The summed E-state index contributed by atoms with van der Waals surface area (Å²) in [5.41, 5.74) is 1.42. The van der Waals surface area contributed by atoms with Gasteiger partial charge >= 0.3 is 0 Å². The lowest BCUT2D eigenvalue weighted by Gasteiger charge is -2.36. The second kappa shape index (κ2) is 8.55. The van der Waals surface area contributed by atoms with Crippen molar-refractivity contribution in [3.63, 3.8) is 0 Å². The van der Waals surface area contributed by atoms with Gasteiger partial charge in [0.15, 0.2) is 0 Å². The summed E-state index contributed by atoms with van der Waals surface area (Å²) >= 11 is 0. The number of hydrogen-bond donors (Lipinski definition) is 1. The van der Waals surface area contributed by atoms with Crippen molar-refractivity contribution in [3.8, 4) is 0 Å². The molecule has 1 aromatic carbocycles. The molecule has 0 aliphatic heterocycles. The smallest absolute Gasteiger partial charge is 0.0477 e. The van der Waals surface area contributed by atoms with Crippen LogP contribution in [0, 0.1) is 5.92 Å². The average molecular weight is 288 g/mol. The van der Waals surface area contributed by atoms with Gasteiger partial charge in [-0.25, -0.2) is 0 Å². The molecule has 2 nitrogen and oxygen atoms in total. The van der Waals surface area contributed by atoms with E-state index in [0.717, 1.165) is 12.5 Å². The maximum absolute atomic E-state index is 3.71. The number of nitrogens with one attached hydrogen (secondary N) is 1. The van der Waals surface area contributed by atoms with Crippen molar-refractivity contribution < 1.29 is 0 Å². The van der Waals surface area contributed by atoms with Crippen molar-refractivity contribution in [2.45, 2.75) is 58.0 Å². The van der Waals surface area contributed by atoms with Crippen molar-refractivity contribution in [1.82, 2.24) is 10.2 Å². The Morgan fingerprint density at radius 3 is 2.38 bits per heavy atom. The molecule has 0 radical (unpaired) electrons. The van der Waals surface area contributed by atoms with E-state index in [1.807, 2.05) is 0 Å². The Labute approximate surface area is 130 Å². The van der Waals surface area contributed by atoms with E-state index in [1.165, 1.54) is 44.2 Å². The fraction of sp³-hybridized carbons (Fsp3) is 0.684. The molecule has 21 heavy (non-hydrogen) atoms. The minimum absolute atomic E-state index is 0.438. The van der Waals surface area contributed by atoms with Crippen molar-refractivity contribution in [2.75, 3.05) is 20.1 Å². The molecule has 2 unspecified atom stereocenters. The highest BCUT2D eigenvalue weighted by Gasteiger charge is 2.27. The first kappa shape index (κ1) is 16.5. The number of likely N-dealkylation sites (N-methyl/N-ethyl adjacent to an activating group) is 2. The Hall–Kier alpha value is -0.860. The van der Waals surface area contributed by atoms with Gasteiger partial charge in [0.05, 0.1) is 0 Å². The molecule has 2 rings (SSSR count). The summed E-state index contributed by atoms with van der Waals surface area (Å²) in [5.74, 6) is 0.919. The lowest BCUT2D eigenvalue weighted by molar-refractivity contribution is 0.163. The largest absolute Gasteiger partial charge is 0.309 e. The quantitative estimate of drug-likeness (QED) is 0.770. The molecule has 0 amide bonds. The zero-order valence-electron chi connectivity index (χ0n) is 14.0. The minimum atomic E-state index is 0.438. The summed E-state index contributed by atoms with van der Waals surface area (Å²) in [6.07, 6.45) is 6.92. The number of rotatable bonds is 8. The molecule has 1 aliphatic rings. The summed E-state index contributed by atoms with van der Waals surface area (Å²) in [6, 6.07) is 12.0. The third kappa shape index (κ3) is 4.55. The lowest BCUT2D eigenvalue weighted by atomic mass is 9.95. The SMILES string of the molecule is CCNC(c1ccccc1)C(CC)N(C)CC1CCCC1. The molecule has 1 N–H and O–H groups in total. The molecule has 1 aliphatic carbocycles. The molecule has 1 saturated carbocycles. The van der Waals surface area contributed by atoms with Crippen molar-refractivity contribution in [2.24, 2.45) is 5.92 Å². The molecule has 118 valence electrons. The van der Waals surface area contributed by atoms with Crippen molar-refractivity contribution >= 4 is 0 Å². The zero-order chi connectivity index (χ0) is 15.1. The summed E-state index contributed by atoms with van der Waals surface area (Å²) in [5, 5.41) is 3.71. The summed E-state index contributed by atoms with van der Waals surface area (Å²) in [4.78, 5) is 2.61. The fourth-order valence-corrected chi connectivity index (χ4v) is 3.89. The van der Waals surface area contributed by atoms with Crippen LogP contribution < -0.4 is 5.32 Å². The Kier molecular flexibility index (Phi) is 6.72. The van der Waals surface area contributed by atoms with Crippen LogP contribution in [0.25, 0.3) is 0 Å². The summed E-state index contributed by atoms with van der Waals surface area (Å²) in [6.45, 7) is 6.81. The molecule has 1 aromatic rings. The van der Waals surface area contributed by atoms with Gasteiger partial charge in [0.2, 0.25) is 0 Å². The van der Waals surface area contributed by atoms with E-state index in [2.05, 4.69) is 61.4 Å². The van der Waals surface area contributed by atoms with Gasteiger partial charge in [-0.15, -0.1) is 0 Å². The fourth-order valence-electron chi connectivity index (χ4n) is 3.89. The number of benzene rings is 1. The average Bonchev–Trinajstić information content (AvgIpc) is 3.01. The molecule has 0 bridgehead atoms. The predicted molar refractivity (Wildman–Crippen MR) is 91.5 cm³/mol. The van der Waals surface area contributed by atoms with Crippen LogP contribution in [0.1, 0.15) is 57.6 Å². The Balaban J connectivity index is 2.07. The monoisotopic (exact) mass is 288 g/mol. The highest BCUT2D eigenvalue weighted by molar-refractivity contribution is 5.20. The standard InChI is InChI=1S/C19H32N2/c1-4-18(21(3)15-16-11-9-10-12-16)19(20-5-2)17-13-7-6-8-14-17/h6-8,13-14,16,18-20H,4-5,9-12,15H2,1-3H3. The molecule has 2 atom stereocenters. The van der Waals surface area contributed by atoms with E-state index in [4.69, 9.17) is 0 Å². The maximum atomic E-state index is 3.71. The zero-order valence-corrected chi connectivity index (χ0v) is 14.0. The predicted octanol–water partition coefficient (Wildman–Crippen LogP) is 4.24. The molecule has 1 fully saturated rings. The molecule has 2 heteroatoms. The van der Waals surface area contributed by atoms with Gasteiger partial charge in [-0.1, -0.05) is 57.0 Å². The van der Waals surface area contributed by atoms with E-state index in [9.17, 15) is 0 Å². The minimum Gasteiger partial charge on any atom is -0.309 e. The Morgan fingerprint density at radius 2 is 1.81 bits per heavy atom. The van der Waals surface area contributed by atoms with E-state index in [0.29, 0.717) is 12.1 Å². The van der Waals surface area contributed by atoms with Gasteiger partial charge in [-0.2, -0.15) is 0 Å². The summed E-state index contributed by atoms with van der Waals surface area (Å²) < 4.78 is 0. The molecule has 0 aromatic heterocycles. The number of nitrogens with zero attached hydrogens (tertiary/aromatic N) is 1. The van der Waals surface area contributed by atoms with Crippen molar-refractivity contribution in [1.29, 1.82) is 0 Å². The van der Waals surface area contributed by atoms with Crippen LogP contribution in [0.4, 0.5) is 0 Å². The highest BCUT2D eigenvalue weighted by Crippen LogP contribution is 2.28. The van der Waals surface area contributed by atoms with Crippen LogP contribution in [-0.4, -0.2) is 31.1 Å². The topological polar surface area (TPSA) is 15.3 Å². The van der Waals surface area contributed by atoms with E-state index < -0.39 is 0 Å².